The van der Waals surface area contributed by atoms with Crippen LogP contribution < -0.4 is 5.73 Å². The summed E-state index contributed by atoms with van der Waals surface area (Å²) in [5.74, 6) is 0.673. The van der Waals surface area contributed by atoms with Crippen LogP contribution in [0.5, 0.6) is 0 Å². The SMILES string of the molecule is Nc1cn[nH]c1C(=O)N(Cc1ccco1)C1CCCC1. The lowest BCUT2D eigenvalue weighted by Crippen LogP contribution is -2.38. The van der Waals surface area contributed by atoms with E-state index in [-0.39, 0.29) is 11.9 Å². The number of aromatic nitrogens is 2. The molecule has 0 unspecified atom stereocenters. The third-order valence-corrected chi connectivity index (χ3v) is 3.82. The molecular weight excluding hydrogens is 256 g/mol. The molecule has 1 fully saturated rings. The Balaban J connectivity index is 1.84. The Morgan fingerprint density at radius 2 is 2.30 bits per heavy atom. The molecule has 0 radical (unpaired) electrons. The number of nitrogens with zero attached hydrogens (tertiary/aromatic N) is 2. The van der Waals surface area contributed by atoms with Crippen LogP contribution in [-0.4, -0.2) is 27.0 Å². The number of hydrogen-bond donors (Lipinski definition) is 2. The maximum atomic E-state index is 12.7. The zero-order valence-electron chi connectivity index (χ0n) is 11.2. The number of amides is 1. The molecule has 0 spiro atoms. The van der Waals surface area contributed by atoms with Crippen molar-refractivity contribution < 1.29 is 9.21 Å². The first-order chi connectivity index (χ1) is 9.75. The van der Waals surface area contributed by atoms with Crippen molar-refractivity contribution in [2.24, 2.45) is 0 Å². The number of H-pyrrole nitrogens is 1. The predicted octanol–water partition coefficient (Wildman–Crippen LogP) is 2.17. The molecule has 0 aromatic carbocycles. The van der Waals surface area contributed by atoms with Crippen LogP contribution >= 0.6 is 0 Å². The molecule has 6 heteroatoms. The van der Waals surface area contributed by atoms with E-state index in [9.17, 15) is 4.79 Å². The maximum Gasteiger partial charge on any atom is 0.274 e. The highest BCUT2D eigenvalue weighted by Crippen LogP contribution is 2.27. The zero-order valence-corrected chi connectivity index (χ0v) is 11.2. The third-order valence-electron chi connectivity index (χ3n) is 3.82. The lowest BCUT2D eigenvalue weighted by atomic mass is 10.1. The van der Waals surface area contributed by atoms with Crippen LogP contribution in [0.4, 0.5) is 5.69 Å². The average molecular weight is 274 g/mol. The minimum Gasteiger partial charge on any atom is -0.467 e. The van der Waals surface area contributed by atoms with Crippen LogP contribution in [0.15, 0.2) is 29.0 Å². The number of nitrogen functional groups attached to an aromatic ring is 1. The summed E-state index contributed by atoms with van der Waals surface area (Å²) >= 11 is 0. The van der Waals surface area contributed by atoms with E-state index in [4.69, 9.17) is 10.2 Å². The van der Waals surface area contributed by atoms with Gasteiger partial charge in [0.1, 0.15) is 11.5 Å². The highest BCUT2D eigenvalue weighted by Gasteiger charge is 2.29. The quantitative estimate of drug-likeness (QED) is 0.894. The Morgan fingerprint density at radius 1 is 1.50 bits per heavy atom. The van der Waals surface area contributed by atoms with Crippen molar-refractivity contribution in [3.05, 3.63) is 36.0 Å². The average Bonchev–Trinajstić information content (AvgIpc) is 3.17. The van der Waals surface area contributed by atoms with E-state index in [1.54, 1.807) is 6.26 Å². The van der Waals surface area contributed by atoms with Crippen LogP contribution in [-0.2, 0) is 6.54 Å². The van der Waals surface area contributed by atoms with E-state index in [1.165, 1.54) is 6.20 Å². The number of rotatable bonds is 4. The van der Waals surface area contributed by atoms with E-state index in [0.29, 0.717) is 17.9 Å². The Morgan fingerprint density at radius 3 is 2.90 bits per heavy atom. The number of hydrogen-bond acceptors (Lipinski definition) is 4. The van der Waals surface area contributed by atoms with Gasteiger partial charge in [0.05, 0.1) is 24.7 Å². The minimum atomic E-state index is -0.108. The van der Waals surface area contributed by atoms with Gasteiger partial charge in [-0.2, -0.15) is 5.10 Å². The normalized spacial score (nSPS) is 15.6. The molecule has 6 nitrogen and oxygen atoms in total. The van der Waals surface area contributed by atoms with Crippen LogP contribution in [0.2, 0.25) is 0 Å². The highest BCUT2D eigenvalue weighted by atomic mass is 16.3. The van der Waals surface area contributed by atoms with Crippen LogP contribution in [0.1, 0.15) is 41.9 Å². The van der Waals surface area contributed by atoms with Crippen LogP contribution in [0.3, 0.4) is 0 Å². The summed E-state index contributed by atoms with van der Waals surface area (Å²) in [6.45, 7) is 0.467. The topological polar surface area (TPSA) is 88.1 Å². The number of carbonyl (C=O) groups is 1. The highest BCUT2D eigenvalue weighted by molar-refractivity contribution is 5.97. The van der Waals surface area contributed by atoms with Gasteiger partial charge in [-0.05, 0) is 25.0 Å². The number of nitrogens with two attached hydrogens (primary N) is 1. The molecule has 0 atom stereocenters. The van der Waals surface area contributed by atoms with Gasteiger partial charge in [-0.15, -0.1) is 0 Å². The zero-order chi connectivity index (χ0) is 13.9. The number of furan rings is 1. The van der Waals surface area contributed by atoms with Gasteiger partial charge in [-0.25, -0.2) is 0 Å². The van der Waals surface area contributed by atoms with E-state index >= 15 is 0 Å². The predicted molar refractivity (Wildman–Crippen MR) is 73.8 cm³/mol. The van der Waals surface area contributed by atoms with Gasteiger partial charge in [0.25, 0.3) is 5.91 Å². The van der Waals surface area contributed by atoms with Crippen LogP contribution in [0.25, 0.3) is 0 Å². The minimum absolute atomic E-state index is 0.108. The summed E-state index contributed by atoms with van der Waals surface area (Å²) in [4.78, 5) is 14.5. The molecule has 20 heavy (non-hydrogen) atoms. The molecule has 3 rings (SSSR count). The third kappa shape index (κ3) is 2.41. The number of aromatic amines is 1. The Bertz CT molecular complexity index is 570. The summed E-state index contributed by atoms with van der Waals surface area (Å²) in [5, 5.41) is 6.52. The van der Waals surface area contributed by atoms with Crippen molar-refractivity contribution in [1.82, 2.24) is 15.1 Å². The van der Waals surface area contributed by atoms with Crippen molar-refractivity contribution in [2.45, 2.75) is 38.3 Å². The summed E-state index contributed by atoms with van der Waals surface area (Å²) in [6.07, 6.45) is 7.46. The van der Waals surface area contributed by atoms with E-state index in [2.05, 4.69) is 10.2 Å². The standard InChI is InChI=1S/C14H18N4O2/c15-12-8-16-17-13(12)14(19)18(10-4-1-2-5-10)9-11-6-3-7-20-11/h3,6-8,10H,1-2,4-5,9,15H2,(H,16,17). The fourth-order valence-electron chi connectivity index (χ4n) is 2.76. The second kappa shape index (κ2) is 5.40. The Labute approximate surface area is 116 Å². The van der Waals surface area contributed by atoms with E-state index in [1.807, 2.05) is 17.0 Å². The lowest BCUT2D eigenvalue weighted by Gasteiger charge is -2.27. The summed E-state index contributed by atoms with van der Waals surface area (Å²) in [5.41, 5.74) is 6.54. The first-order valence-corrected chi connectivity index (χ1v) is 6.88. The molecule has 1 saturated carbocycles. The summed E-state index contributed by atoms with van der Waals surface area (Å²) < 4.78 is 5.37. The molecule has 1 aliphatic carbocycles. The van der Waals surface area contributed by atoms with Gasteiger partial charge in [0.15, 0.2) is 0 Å². The summed E-state index contributed by atoms with van der Waals surface area (Å²) in [6, 6.07) is 3.96. The van der Waals surface area contributed by atoms with E-state index < -0.39 is 0 Å². The van der Waals surface area contributed by atoms with Crippen molar-refractivity contribution in [1.29, 1.82) is 0 Å². The van der Waals surface area contributed by atoms with Gasteiger partial charge in [0, 0.05) is 6.04 Å². The Hall–Kier alpha value is -2.24. The molecule has 0 aliphatic heterocycles. The fraction of sp³-hybridized carbons (Fsp3) is 0.429. The number of anilines is 1. The molecule has 2 aromatic rings. The molecule has 0 bridgehead atoms. The van der Waals surface area contributed by atoms with Crippen molar-refractivity contribution >= 4 is 11.6 Å². The number of carbonyl (C=O) groups excluding carboxylic acids is 1. The molecular formula is C14H18N4O2. The Kier molecular flexibility index (Phi) is 3.45. The monoisotopic (exact) mass is 274 g/mol. The van der Waals surface area contributed by atoms with Crippen molar-refractivity contribution in [3.8, 4) is 0 Å². The van der Waals surface area contributed by atoms with Gasteiger partial charge in [-0.1, -0.05) is 12.8 Å². The largest absolute Gasteiger partial charge is 0.467 e. The molecule has 1 aliphatic rings. The van der Waals surface area contributed by atoms with Gasteiger partial charge in [0.2, 0.25) is 0 Å². The van der Waals surface area contributed by atoms with Gasteiger partial charge >= 0.3 is 0 Å². The molecule has 106 valence electrons. The first-order valence-electron chi connectivity index (χ1n) is 6.88. The lowest BCUT2D eigenvalue weighted by molar-refractivity contribution is 0.0644. The van der Waals surface area contributed by atoms with Crippen LogP contribution in [0, 0.1) is 0 Å². The summed E-state index contributed by atoms with van der Waals surface area (Å²) in [7, 11) is 0. The van der Waals surface area contributed by atoms with E-state index in [0.717, 1.165) is 31.4 Å². The maximum absolute atomic E-state index is 12.7. The number of nitrogens with one attached hydrogen (secondary N) is 1. The smallest absolute Gasteiger partial charge is 0.274 e. The molecule has 1 amide bonds. The molecule has 0 saturated heterocycles. The van der Waals surface area contributed by atoms with Crippen molar-refractivity contribution in [2.75, 3.05) is 5.73 Å². The molecule has 3 N–H and O–H groups in total. The first kappa shape index (κ1) is 12.8. The van der Waals surface area contributed by atoms with Crippen molar-refractivity contribution in [3.63, 3.8) is 0 Å². The second-order valence-corrected chi connectivity index (χ2v) is 5.15. The molecule has 2 aromatic heterocycles. The van der Waals surface area contributed by atoms with Gasteiger partial charge < -0.3 is 15.1 Å². The second-order valence-electron chi connectivity index (χ2n) is 5.15. The fourth-order valence-corrected chi connectivity index (χ4v) is 2.76. The van der Waals surface area contributed by atoms with Gasteiger partial charge in [-0.3, -0.25) is 9.89 Å². The molecule has 2 heterocycles.